The van der Waals surface area contributed by atoms with E-state index in [9.17, 15) is 4.79 Å². The van der Waals surface area contributed by atoms with E-state index in [1.165, 1.54) is 6.07 Å². The Hall–Kier alpha value is -1.85. The van der Waals surface area contributed by atoms with E-state index < -0.39 is 0 Å². The fourth-order valence-corrected chi connectivity index (χ4v) is 2.55. The summed E-state index contributed by atoms with van der Waals surface area (Å²) in [5.74, 6) is 0. The molecule has 3 aromatic rings. The second-order valence-corrected chi connectivity index (χ2v) is 5.36. The van der Waals surface area contributed by atoms with Crippen LogP contribution >= 0.6 is 23.2 Å². The maximum absolute atomic E-state index is 12.1. The molecule has 1 aromatic carbocycles. The lowest BCUT2D eigenvalue weighted by atomic mass is 10.2. The van der Waals surface area contributed by atoms with E-state index in [0.29, 0.717) is 22.2 Å². The molecule has 20 heavy (non-hydrogen) atoms. The predicted molar refractivity (Wildman–Crippen MR) is 76.3 cm³/mol. The number of fused-ring (bicyclic) bond motifs is 1. The number of nitrogens with zero attached hydrogens (tertiary/aromatic N) is 3. The lowest BCUT2D eigenvalue weighted by Gasteiger charge is -2.01. The Kier molecular flexibility index (Phi) is 3.23. The molecule has 0 aliphatic rings. The lowest BCUT2D eigenvalue weighted by molar-refractivity contribution is -0.582. The Balaban J connectivity index is 2.09. The van der Waals surface area contributed by atoms with Gasteiger partial charge in [0.25, 0.3) is 11.8 Å². The van der Waals surface area contributed by atoms with Crippen LogP contribution < -0.4 is 9.94 Å². The summed E-state index contributed by atoms with van der Waals surface area (Å²) < 4.78 is 3.20. The van der Waals surface area contributed by atoms with Crippen LogP contribution in [0.2, 0.25) is 10.0 Å². The van der Waals surface area contributed by atoms with Gasteiger partial charge in [0.05, 0.1) is 0 Å². The second kappa shape index (κ2) is 4.92. The molecule has 0 radical (unpaired) electrons. The summed E-state index contributed by atoms with van der Waals surface area (Å²) in [7, 11) is 0. The average molecular weight is 310 g/mol. The molecule has 102 valence electrons. The SMILES string of the molecule is Cc1cc(=O)c2n(Cc3ccc(Cl)cc3Cl)nc[n+]2[nH]1. The van der Waals surface area contributed by atoms with Gasteiger partial charge in [-0.2, -0.15) is 0 Å². The highest BCUT2D eigenvalue weighted by atomic mass is 35.5. The van der Waals surface area contributed by atoms with Crippen LogP contribution in [-0.2, 0) is 6.54 Å². The Bertz CT molecular complexity index is 853. The van der Waals surface area contributed by atoms with Gasteiger partial charge in [0, 0.05) is 32.5 Å². The molecule has 3 rings (SSSR count). The fraction of sp³-hybridized carbons (Fsp3) is 0.154. The number of hydrogen-bond acceptors (Lipinski definition) is 2. The van der Waals surface area contributed by atoms with E-state index in [1.807, 2.05) is 13.0 Å². The third-order valence-corrected chi connectivity index (χ3v) is 3.57. The summed E-state index contributed by atoms with van der Waals surface area (Å²) in [5.41, 5.74) is 1.99. The molecule has 0 atom stereocenters. The van der Waals surface area contributed by atoms with Crippen molar-refractivity contribution in [2.24, 2.45) is 0 Å². The van der Waals surface area contributed by atoms with Gasteiger partial charge in [0.1, 0.15) is 6.54 Å². The van der Waals surface area contributed by atoms with Crippen molar-refractivity contribution in [1.29, 1.82) is 0 Å². The molecule has 5 nitrogen and oxygen atoms in total. The molecule has 0 saturated heterocycles. The second-order valence-electron chi connectivity index (χ2n) is 4.52. The van der Waals surface area contributed by atoms with Crippen molar-refractivity contribution in [2.75, 3.05) is 0 Å². The van der Waals surface area contributed by atoms with Crippen LogP contribution in [-0.4, -0.2) is 14.9 Å². The topological polar surface area (TPSA) is 54.8 Å². The zero-order valence-electron chi connectivity index (χ0n) is 10.6. The van der Waals surface area contributed by atoms with Gasteiger partial charge in [0.2, 0.25) is 0 Å². The smallest absolute Gasteiger partial charge is 0.282 e. The normalized spacial score (nSPS) is 11.2. The molecule has 0 aliphatic heterocycles. The van der Waals surface area contributed by atoms with Crippen molar-refractivity contribution in [2.45, 2.75) is 13.5 Å². The van der Waals surface area contributed by atoms with E-state index in [-0.39, 0.29) is 5.43 Å². The molecular weight excluding hydrogens is 299 g/mol. The van der Waals surface area contributed by atoms with Crippen molar-refractivity contribution in [3.05, 3.63) is 62.1 Å². The molecule has 0 fully saturated rings. The number of hydrogen-bond donors (Lipinski definition) is 1. The number of benzene rings is 1. The summed E-state index contributed by atoms with van der Waals surface area (Å²) in [5, 5.41) is 8.38. The number of aromatic nitrogens is 4. The molecule has 2 aromatic heterocycles. The zero-order chi connectivity index (χ0) is 14.3. The molecule has 0 aliphatic carbocycles. The molecule has 0 unspecified atom stereocenters. The minimum absolute atomic E-state index is 0.0937. The minimum atomic E-state index is -0.0937. The van der Waals surface area contributed by atoms with Crippen molar-refractivity contribution in [3.63, 3.8) is 0 Å². The first-order valence-corrected chi connectivity index (χ1v) is 6.71. The molecule has 0 amide bonds. The largest absolute Gasteiger partial charge is 0.331 e. The minimum Gasteiger partial charge on any atom is -0.282 e. The Morgan fingerprint density at radius 3 is 2.90 bits per heavy atom. The van der Waals surface area contributed by atoms with Crippen LogP contribution in [0.3, 0.4) is 0 Å². The number of H-pyrrole nitrogens is 1. The summed E-state index contributed by atoms with van der Waals surface area (Å²) in [6.45, 7) is 2.22. The van der Waals surface area contributed by atoms with E-state index in [0.717, 1.165) is 11.3 Å². The molecule has 0 saturated carbocycles. The van der Waals surface area contributed by atoms with Crippen molar-refractivity contribution < 1.29 is 4.52 Å². The standard InChI is InChI=1S/C13H10Cl2N4O/c1-8-4-12(20)13-18(16-7-19(13)17-8)6-9-2-3-10(14)5-11(9)15/h2-5,7H,6H2,1H3/p+1. The zero-order valence-corrected chi connectivity index (χ0v) is 12.1. The number of halogens is 2. The van der Waals surface area contributed by atoms with Gasteiger partial charge in [-0.25, -0.2) is 5.10 Å². The number of nitrogens with one attached hydrogen (secondary N) is 1. The Morgan fingerprint density at radius 1 is 1.35 bits per heavy atom. The predicted octanol–water partition coefficient (Wildman–Crippen LogP) is 1.97. The van der Waals surface area contributed by atoms with E-state index in [2.05, 4.69) is 10.2 Å². The number of rotatable bonds is 2. The van der Waals surface area contributed by atoms with Crippen LogP contribution in [0.4, 0.5) is 0 Å². The average Bonchev–Trinajstić information content (AvgIpc) is 2.76. The van der Waals surface area contributed by atoms with Crippen LogP contribution in [0, 0.1) is 6.92 Å². The van der Waals surface area contributed by atoms with Gasteiger partial charge >= 0.3 is 5.65 Å². The first-order chi connectivity index (χ1) is 9.54. The molecular formula is C13H11Cl2N4O+. The van der Waals surface area contributed by atoms with Crippen LogP contribution in [0.1, 0.15) is 11.3 Å². The summed E-state index contributed by atoms with van der Waals surface area (Å²) in [6, 6.07) is 6.80. The number of aryl methyl sites for hydroxylation is 1. The first-order valence-electron chi connectivity index (χ1n) is 5.95. The summed E-state index contributed by atoms with van der Waals surface area (Å²) >= 11 is 12.0. The fourth-order valence-electron chi connectivity index (χ4n) is 2.09. The number of aromatic amines is 1. The van der Waals surface area contributed by atoms with Gasteiger partial charge in [0.15, 0.2) is 0 Å². The summed E-state index contributed by atoms with van der Waals surface area (Å²) in [4.78, 5) is 12.1. The van der Waals surface area contributed by atoms with Crippen LogP contribution in [0.15, 0.2) is 35.4 Å². The quantitative estimate of drug-likeness (QED) is 0.736. The van der Waals surface area contributed by atoms with Gasteiger partial charge in [-0.05, 0) is 19.1 Å². The van der Waals surface area contributed by atoms with Crippen LogP contribution in [0.5, 0.6) is 0 Å². The van der Waals surface area contributed by atoms with Crippen molar-refractivity contribution in [1.82, 2.24) is 14.9 Å². The van der Waals surface area contributed by atoms with Gasteiger partial charge < -0.3 is 0 Å². The molecule has 0 spiro atoms. The van der Waals surface area contributed by atoms with E-state index in [4.69, 9.17) is 23.2 Å². The molecule has 2 heterocycles. The summed E-state index contributed by atoms with van der Waals surface area (Å²) in [6.07, 6.45) is 1.56. The Labute approximate surface area is 124 Å². The van der Waals surface area contributed by atoms with E-state index in [1.54, 1.807) is 27.7 Å². The van der Waals surface area contributed by atoms with Gasteiger partial charge in [-0.3, -0.25) is 4.79 Å². The van der Waals surface area contributed by atoms with E-state index >= 15 is 0 Å². The van der Waals surface area contributed by atoms with Gasteiger partial charge in [-0.1, -0.05) is 34.0 Å². The molecule has 1 N–H and O–H groups in total. The highest BCUT2D eigenvalue weighted by Crippen LogP contribution is 2.21. The van der Waals surface area contributed by atoms with Gasteiger partial charge in [-0.15, -0.1) is 4.52 Å². The highest BCUT2D eigenvalue weighted by molar-refractivity contribution is 6.35. The monoisotopic (exact) mass is 309 g/mol. The maximum atomic E-state index is 12.1. The maximum Gasteiger partial charge on any atom is 0.331 e. The lowest BCUT2D eigenvalue weighted by Crippen LogP contribution is -2.32. The van der Waals surface area contributed by atoms with Crippen LogP contribution in [0.25, 0.3) is 5.65 Å². The highest BCUT2D eigenvalue weighted by Gasteiger charge is 2.17. The first kappa shape index (κ1) is 13.1. The molecule has 7 heteroatoms. The van der Waals surface area contributed by atoms with Crippen molar-refractivity contribution >= 4 is 28.8 Å². The molecule has 0 bridgehead atoms. The Morgan fingerprint density at radius 2 is 2.15 bits per heavy atom. The third-order valence-electron chi connectivity index (χ3n) is 2.98. The van der Waals surface area contributed by atoms with Crippen molar-refractivity contribution in [3.8, 4) is 0 Å². The third kappa shape index (κ3) is 2.30.